The van der Waals surface area contributed by atoms with Crippen LogP contribution in [0.15, 0.2) is 41.1 Å². The predicted octanol–water partition coefficient (Wildman–Crippen LogP) is 3.08. The second kappa shape index (κ2) is 3.62. The van der Waals surface area contributed by atoms with Gasteiger partial charge in [0, 0.05) is 17.5 Å². The molecule has 0 aliphatic rings. The number of hydrogen-bond donors (Lipinski definition) is 0. The third-order valence-electron chi connectivity index (χ3n) is 1.88. The van der Waals surface area contributed by atoms with Crippen LogP contribution in [0.1, 0.15) is 5.56 Å². The molecular weight excluding hydrogens is 186 g/mol. The lowest BCUT2D eigenvalue weighted by Crippen LogP contribution is -1.84. The Bertz CT molecular complexity index is 384. The first-order valence-corrected chi connectivity index (χ1v) is 4.50. The maximum atomic E-state index is 5.79. The predicted molar refractivity (Wildman–Crippen MR) is 51.5 cm³/mol. The molecule has 0 aliphatic carbocycles. The number of alkyl halides is 1. The molecule has 0 unspecified atom stereocenters. The molecule has 3 heteroatoms. The van der Waals surface area contributed by atoms with Crippen LogP contribution >= 0.6 is 11.6 Å². The molecule has 0 saturated heterocycles. The summed E-state index contributed by atoms with van der Waals surface area (Å²) in [5, 5.41) is 3.86. The first-order valence-electron chi connectivity index (χ1n) is 3.96. The van der Waals surface area contributed by atoms with Gasteiger partial charge in [0.05, 0.1) is 0 Å². The fraction of sp³-hybridized carbons (Fsp3) is 0.100. The SMILES string of the molecule is ClCc1ccccc1-c1ccon1. The molecule has 0 aliphatic heterocycles. The molecule has 13 heavy (non-hydrogen) atoms. The average Bonchev–Trinajstić information content (AvgIpc) is 2.70. The number of nitrogens with zero attached hydrogens (tertiary/aromatic N) is 1. The first-order chi connectivity index (χ1) is 6.42. The van der Waals surface area contributed by atoms with E-state index in [4.69, 9.17) is 16.1 Å². The molecule has 2 aromatic rings. The second-order valence-corrected chi connectivity index (χ2v) is 2.94. The normalized spacial score (nSPS) is 10.2. The van der Waals surface area contributed by atoms with Gasteiger partial charge in [-0.3, -0.25) is 0 Å². The van der Waals surface area contributed by atoms with Gasteiger partial charge < -0.3 is 4.52 Å². The molecule has 2 rings (SSSR count). The van der Waals surface area contributed by atoms with E-state index in [2.05, 4.69) is 5.16 Å². The summed E-state index contributed by atoms with van der Waals surface area (Å²) >= 11 is 5.79. The number of rotatable bonds is 2. The lowest BCUT2D eigenvalue weighted by Gasteiger charge is -2.01. The summed E-state index contributed by atoms with van der Waals surface area (Å²) < 4.78 is 4.78. The Morgan fingerprint density at radius 1 is 1.23 bits per heavy atom. The Kier molecular flexibility index (Phi) is 2.32. The van der Waals surface area contributed by atoms with Crippen molar-refractivity contribution in [1.29, 1.82) is 0 Å². The lowest BCUT2D eigenvalue weighted by atomic mass is 10.1. The number of aromatic nitrogens is 1. The fourth-order valence-electron chi connectivity index (χ4n) is 1.24. The van der Waals surface area contributed by atoms with E-state index in [1.165, 1.54) is 0 Å². The van der Waals surface area contributed by atoms with Crippen LogP contribution in [0, 0.1) is 0 Å². The number of halogens is 1. The van der Waals surface area contributed by atoms with E-state index in [1.807, 2.05) is 30.3 Å². The third kappa shape index (κ3) is 1.58. The van der Waals surface area contributed by atoms with Gasteiger partial charge in [-0.25, -0.2) is 0 Å². The van der Waals surface area contributed by atoms with Crippen molar-refractivity contribution < 1.29 is 4.52 Å². The van der Waals surface area contributed by atoms with E-state index in [-0.39, 0.29) is 0 Å². The maximum absolute atomic E-state index is 5.79. The van der Waals surface area contributed by atoms with Crippen molar-refractivity contribution in [3.63, 3.8) is 0 Å². The zero-order chi connectivity index (χ0) is 9.10. The molecule has 0 saturated carbocycles. The second-order valence-electron chi connectivity index (χ2n) is 2.68. The van der Waals surface area contributed by atoms with E-state index >= 15 is 0 Å². The lowest BCUT2D eigenvalue weighted by molar-refractivity contribution is 0.422. The van der Waals surface area contributed by atoms with Gasteiger partial charge in [-0.15, -0.1) is 11.6 Å². The molecule has 1 aromatic heterocycles. The van der Waals surface area contributed by atoms with Crippen molar-refractivity contribution in [2.45, 2.75) is 5.88 Å². The highest BCUT2D eigenvalue weighted by Crippen LogP contribution is 2.22. The minimum Gasteiger partial charge on any atom is -0.364 e. The molecule has 0 bridgehead atoms. The Morgan fingerprint density at radius 3 is 2.77 bits per heavy atom. The van der Waals surface area contributed by atoms with Crippen LogP contribution in [-0.2, 0) is 5.88 Å². The van der Waals surface area contributed by atoms with Crippen molar-refractivity contribution in [2.24, 2.45) is 0 Å². The van der Waals surface area contributed by atoms with Crippen LogP contribution in [0.5, 0.6) is 0 Å². The van der Waals surface area contributed by atoms with Crippen LogP contribution < -0.4 is 0 Å². The van der Waals surface area contributed by atoms with Gasteiger partial charge in [-0.2, -0.15) is 0 Å². The quantitative estimate of drug-likeness (QED) is 0.686. The molecule has 0 atom stereocenters. The Balaban J connectivity index is 2.51. The van der Waals surface area contributed by atoms with E-state index in [1.54, 1.807) is 6.26 Å². The molecule has 0 radical (unpaired) electrons. The molecule has 1 heterocycles. The zero-order valence-corrected chi connectivity index (χ0v) is 7.66. The highest BCUT2D eigenvalue weighted by molar-refractivity contribution is 6.17. The Labute approximate surface area is 81.1 Å². The summed E-state index contributed by atoms with van der Waals surface area (Å²) in [6.07, 6.45) is 1.56. The van der Waals surface area contributed by atoms with Gasteiger partial charge in [0.25, 0.3) is 0 Å². The molecular formula is C10H8ClNO. The minimum atomic E-state index is 0.489. The summed E-state index contributed by atoms with van der Waals surface area (Å²) in [7, 11) is 0. The highest BCUT2D eigenvalue weighted by Gasteiger charge is 2.05. The minimum absolute atomic E-state index is 0.489. The summed E-state index contributed by atoms with van der Waals surface area (Å²) in [6.45, 7) is 0. The standard InChI is InChI=1S/C10H8ClNO/c11-7-8-3-1-2-4-9(8)10-5-6-13-12-10/h1-6H,7H2. The van der Waals surface area contributed by atoms with Crippen molar-refractivity contribution >= 4 is 11.6 Å². The van der Waals surface area contributed by atoms with Crippen LogP contribution in [-0.4, -0.2) is 5.16 Å². The van der Waals surface area contributed by atoms with E-state index in [0.29, 0.717) is 5.88 Å². The monoisotopic (exact) mass is 193 g/mol. The maximum Gasteiger partial charge on any atom is 0.124 e. The first kappa shape index (κ1) is 8.32. The summed E-state index contributed by atoms with van der Waals surface area (Å²) in [6, 6.07) is 9.71. The molecule has 1 aromatic carbocycles. The van der Waals surface area contributed by atoms with Gasteiger partial charge in [0.15, 0.2) is 0 Å². The summed E-state index contributed by atoms with van der Waals surface area (Å²) in [4.78, 5) is 0. The van der Waals surface area contributed by atoms with E-state index < -0.39 is 0 Å². The molecule has 2 nitrogen and oxygen atoms in total. The largest absolute Gasteiger partial charge is 0.364 e. The van der Waals surface area contributed by atoms with Crippen LogP contribution in [0.4, 0.5) is 0 Å². The smallest absolute Gasteiger partial charge is 0.124 e. The highest BCUT2D eigenvalue weighted by atomic mass is 35.5. The number of hydrogen-bond acceptors (Lipinski definition) is 2. The molecule has 0 fully saturated rings. The summed E-state index contributed by atoms with van der Waals surface area (Å²) in [5.74, 6) is 0.489. The van der Waals surface area contributed by atoms with Crippen molar-refractivity contribution in [3.8, 4) is 11.3 Å². The van der Waals surface area contributed by atoms with Gasteiger partial charge >= 0.3 is 0 Å². The van der Waals surface area contributed by atoms with Gasteiger partial charge in [-0.05, 0) is 5.56 Å². The Hall–Kier alpha value is -1.28. The third-order valence-corrected chi connectivity index (χ3v) is 2.16. The fourth-order valence-corrected chi connectivity index (χ4v) is 1.47. The molecule has 0 N–H and O–H groups in total. The molecule has 0 spiro atoms. The van der Waals surface area contributed by atoms with E-state index in [9.17, 15) is 0 Å². The summed E-state index contributed by atoms with van der Waals surface area (Å²) in [5.41, 5.74) is 2.93. The average molecular weight is 194 g/mol. The molecule has 66 valence electrons. The van der Waals surface area contributed by atoms with Crippen molar-refractivity contribution in [1.82, 2.24) is 5.16 Å². The van der Waals surface area contributed by atoms with Gasteiger partial charge in [-0.1, -0.05) is 29.4 Å². The topological polar surface area (TPSA) is 26.0 Å². The van der Waals surface area contributed by atoms with Gasteiger partial charge in [0.2, 0.25) is 0 Å². The van der Waals surface area contributed by atoms with Crippen molar-refractivity contribution in [2.75, 3.05) is 0 Å². The van der Waals surface area contributed by atoms with Crippen molar-refractivity contribution in [3.05, 3.63) is 42.2 Å². The molecule has 0 amide bonds. The van der Waals surface area contributed by atoms with E-state index in [0.717, 1.165) is 16.8 Å². The van der Waals surface area contributed by atoms with Crippen LogP contribution in [0.3, 0.4) is 0 Å². The van der Waals surface area contributed by atoms with Crippen LogP contribution in [0.25, 0.3) is 11.3 Å². The number of benzene rings is 1. The van der Waals surface area contributed by atoms with Gasteiger partial charge in [0.1, 0.15) is 12.0 Å². The zero-order valence-electron chi connectivity index (χ0n) is 6.90. The van der Waals surface area contributed by atoms with Crippen LogP contribution in [0.2, 0.25) is 0 Å². The Morgan fingerprint density at radius 2 is 2.08 bits per heavy atom.